The summed E-state index contributed by atoms with van der Waals surface area (Å²) in [5, 5.41) is 2.63. The fourth-order valence-electron chi connectivity index (χ4n) is 1.53. The van der Waals surface area contributed by atoms with Crippen LogP contribution in [0, 0.1) is 5.92 Å². The average Bonchev–Trinajstić information content (AvgIpc) is 2.69. The van der Waals surface area contributed by atoms with Gasteiger partial charge in [0.15, 0.2) is 5.72 Å². The quantitative estimate of drug-likeness (QED) is 0.587. The highest BCUT2D eigenvalue weighted by Crippen LogP contribution is 2.43. The molecule has 1 saturated carbocycles. The molecule has 0 radical (unpaired) electrons. The maximum absolute atomic E-state index is 11.8. The van der Waals surface area contributed by atoms with E-state index in [2.05, 4.69) is 5.32 Å². The summed E-state index contributed by atoms with van der Waals surface area (Å²) < 4.78 is 10.3. The van der Waals surface area contributed by atoms with Crippen LogP contribution in [-0.4, -0.2) is 28.9 Å². The molecule has 1 aliphatic carbocycles. The number of esters is 1. The number of amides is 1. The highest BCUT2D eigenvalue weighted by atomic mass is 16.6. The molecule has 6 nitrogen and oxygen atoms in total. The van der Waals surface area contributed by atoms with Gasteiger partial charge in [-0.2, -0.15) is 0 Å². The Kier molecular flexibility index (Phi) is 3.87. The van der Waals surface area contributed by atoms with E-state index in [-0.39, 0.29) is 0 Å². The van der Waals surface area contributed by atoms with E-state index in [1.807, 2.05) is 20.8 Å². The van der Waals surface area contributed by atoms with Crippen molar-refractivity contribution in [1.82, 2.24) is 5.32 Å². The standard InChI is InChI=1S/C13H24N2O4/c1-11(2,3)15-10(17)19-13(14)7-8(13)9(16)18-12(4,5)6/h8H,7,14H2,1-6H3,(H,15,17). The zero-order chi connectivity index (χ0) is 15.1. The average molecular weight is 272 g/mol. The minimum atomic E-state index is -1.24. The van der Waals surface area contributed by atoms with Crippen LogP contribution in [0.15, 0.2) is 0 Å². The molecule has 0 spiro atoms. The van der Waals surface area contributed by atoms with Crippen LogP contribution in [0.25, 0.3) is 0 Å². The second kappa shape index (κ2) is 4.67. The van der Waals surface area contributed by atoms with E-state index in [0.29, 0.717) is 6.42 Å². The minimum absolute atomic E-state index is 0.291. The van der Waals surface area contributed by atoms with E-state index >= 15 is 0 Å². The molecule has 3 N–H and O–H groups in total. The number of hydrogen-bond acceptors (Lipinski definition) is 5. The molecule has 1 amide bonds. The van der Waals surface area contributed by atoms with E-state index in [9.17, 15) is 9.59 Å². The van der Waals surface area contributed by atoms with Crippen molar-refractivity contribution in [2.24, 2.45) is 11.7 Å². The first-order valence-corrected chi connectivity index (χ1v) is 6.35. The van der Waals surface area contributed by atoms with Crippen LogP contribution in [0.4, 0.5) is 4.79 Å². The lowest BCUT2D eigenvalue weighted by atomic mass is 10.1. The molecular formula is C13H24N2O4. The molecule has 2 atom stereocenters. The molecule has 19 heavy (non-hydrogen) atoms. The molecule has 0 heterocycles. The number of ether oxygens (including phenoxy) is 2. The fraction of sp³-hybridized carbons (Fsp3) is 0.846. The zero-order valence-electron chi connectivity index (χ0n) is 12.5. The number of hydrogen-bond donors (Lipinski definition) is 2. The molecule has 0 aromatic carbocycles. The predicted molar refractivity (Wildman–Crippen MR) is 70.2 cm³/mol. The lowest BCUT2D eigenvalue weighted by molar-refractivity contribution is -0.158. The lowest BCUT2D eigenvalue weighted by Gasteiger charge is -2.23. The van der Waals surface area contributed by atoms with Crippen molar-refractivity contribution in [2.45, 2.75) is 64.8 Å². The van der Waals surface area contributed by atoms with Crippen molar-refractivity contribution in [3.8, 4) is 0 Å². The van der Waals surface area contributed by atoms with Crippen molar-refractivity contribution >= 4 is 12.1 Å². The Morgan fingerprint density at radius 2 is 1.74 bits per heavy atom. The van der Waals surface area contributed by atoms with Crippen molar-refractivity contribution in [3.63, 3.8) is 0 Å². The number of nitrogens with one attached hydrogen (secondary N) is 1. The molecule has 1 rings (SSSR count). The van der Waals surface area contributed by atoms with Gasteiger partial charge >= 0.3 is 12.1 Å². The Balaban J connectivity index is 2.50. The molecule has 2 unspecified atom stereocenters. The fourth-order valence-corrected chi connectivity index (χ4v) is 1.53. The zero-order valence-corrected chi connectivity index (χ0v) is 12.5. The minimum Gasteiger partial charge on any atom is -0.460 e. The molecular weight excluding hydrogens is 248 g/mol. The first-order chi connectivity index (χ1) is 8.32. The Hall–Kier alpha value is -1.30. The summed E-state index contributed by atoms with van der Waals surface area (Å²) >= 11 is 0. The highest BCUT2D eigenvalue weighted by molar-refractivity contribution is 5.79. The van der Waals surface area contributed by atoms with Crippen LogP contribution in [0.1, 0.15) is 48.0 Å². The van der Waals surface area contributed by atoms with Gasteiger partial charge in [-0.3, -0.25) is 10.5 Å². The molecule has 110 valence electrons. The van der Waals surface area contributed by atoms with Gasteiger partial charge in [0.05, 0.1) is 0 Å². The van der Waals surface area contributed by atoms with Crippen LogP contribution in [0.5, 0.6) is 0 Å². The van der Waals surface area contributed by atoms with Gasteiger partial charge in [-0.15, -0.1) is 0 Å². The second-order valence-electron chi connectivity index (χ2n) is 7.01. The maximum atomic E-state index is 11.8. The molecule has 1 aliphatic rings. The lowest BCUT2D eigenvalue weighted by Crippen LogP contribution is -2.45. The monoisotopic (exact) mass is 272 g/mol. The van der Waals surface area contributed by atoms with Gasteiger partial charge in [0.2, 0.25) is 0 Å². The van der Waals surface area contributed by atoms with E-state index < -0.39 is 34.8 Å². The summed E-state index contributed by atoms with van der Waals surface area (Å²) in [5.74, 6) is -1.02. The van der Waals surface area contributed by atoms with Gasteiger partial charge < -0.3 is 14.8 Å². The van der Waals surface area contributed by atoms with Gasteiger partial charge in [0, 0.05) is 12.0 Å². The highest BCUT2D eigenvalue weighted by Gasteiger charge is 2.61. The van der Waals surface area contributed by atoms with Crippen molar-refractivity contribution in [2.75, 3.05) is 0 Å². The molecule has 0 saturated heterocycles. The Labute approximate surface area is 114 Å². The number of rotatable bonds is 2. The maximum Gasteiger partial charge on any atom is 0.409 e. The van der Waals surface area contributed by atoms with E-state index in [4.69, 9.17) is 15.2 Å². The first kappa shape index (κ1) is 15.8. The Morgan fingerprint density at radius 1 is 1.21 bits per heavy atom. The summed E-state index contributed by atoms with van der Waals surface area (Å²) in [4.78, 5) is 23.4. The van der Waals surface area contributed by atoms with Crippen LogP contribution in [0.3, 0.4) is 0 Å². The van der Waals surface area contributed by atoms with Crippen LogP contribution in [-0.2, 0) is 14.3 Å². The van der Waals surface area contributed by atoms with Gasteiger partial charge in [-0.05, 0) is 41.5 Å². The van der Waals surface area contributed by atoms with Gasteiger partial charge in [0.25, 0.3) is 0 Å². The molecule has 1 fully saturated rings. The Bertz CT molecular complexity index is 381. The first-order valence-electron chi connectivity index (χ1n) is 6.35. The van der Waals surface area contributed by atoms with Gasteiger partial charge in [-0.25, -0.2) is 4.79 Å². The third-order valence-corrected chi connectivity index (χ3v) is 2.40. The second-order valence-corrected chi connectivity index (χ2v) is 7.01. The topological polar surface area (TPSA) is 90.6 Å². The molecule has 0 aromatic rings. The van der Waals surface area contributed by atoms with Crippen LogP contribution >= 0.6 is 0 Å². The number of nitrogens with two attached hydrogens (primary N) is 1. The van der Waals surface area contributed by atoms with Crippen LogP contribution in [0.2, 0.25) is 0 Å². The summed E-state index contributed by atoms with van der Waals surface area (Å²) in [6.07, 6.45) is -0.333. The van der Waals surface area contributed by atoms with Crippen LogP contribution < -0.4 is 11.1 Å². The number of carbonyl (C=O) groups excluding carboxylic acids is 2. The van der Waals surface area contributed by atoms with Gasteiger partial charge in [-0.1, -0.05) is 0 Å². The number of alkyl carbamates (subject to hydrolysis) is 1. The third-order valence-electron chi connectivity index (χ3n) is 2.40. The summed E-state index contributed by atoms with van der Waals surface area (Å²) in [6.45, 7) is 10.8. The normalized spacial score (nSPS) is 26.6. The van der Waals surface area contributed by atoms with Gasteiger partial charge in [0.1, 0.15) is 11.5 Å². The third kappa shape index (κ3) is 5.06. The van der Waals surface area contributed by atoms with E-state index in [0.717, 1.165) is 0 Å². The molecule has 0 aromatic heterocycles. The summed E-state index contributed by atoms with van der Waals surface area (Å²) in [7, 11) is 0. The van der Waals surface area contributed by atoms with Crippen molar-refractivity contribution in [3.05, 3.63) is 0 Å². The molecule has 6 heteroatoms. The Morgan fingerprint density at radius 3 is 2.16 bits per heavy atom. The van der Waals surface area contributed by atoms with Crippen molar-refractivity contribution < 1.29 is 19.1 Å². The molecule has 0 aliphatic heterocycles. The largest absolute Gasteiger partial charge is 0.460 e. The molecule has 0 bridgehead atoms. The van der Waals surface area contributed by atoms with E-state index in [1.165, 1.54) is 0 Å². The van der Waals surface area contributed by atoms with Crippen molar-refractivity contribution in [1.29, 1.82) is 0 Å². The smallest absolute Gasteiger partial charge is 0.409 e. The SMILES string of the molecule is CC(C)(C)NC(=O)OC1(N)CC1C(=O)OC(C)(C)C. The summed E-state index contributed by atoms with van der Waals surface area (Å²) in [6, 6.07) is 0. The summed E-state index contributed by atoms with van der Waals surface area (Å²) in [5.41, 5.74) is 3.62. The predicted octanol–water partition coefficient (Wildman–Crippen LogP) is 1.53. The van der Waals surface area contributed by atoms with E-state index in [1.54, 1.807) is 20.8 Å². The number of carbonyl (C=O) groups is 2.